The molecule has 0 radical (unpaired) electrons. The summed E-state index contributed by atoms with van der Waals surface area (Å²) >= 11 is 12.2. The predicted molar refractivity (Wildman–Crippen MR) is 124 cm³/mol. The van der Waals surface area contributed by atoms with Crippen LogP contribution in [0.3, 0.4) is 0 Å². The Labute approximate surface area is 189 Å². The Morgan fingerprint density at radius 3 is 2.35 bits per heavy atom. The SMILES string of the molecule is COc1ccccc1-c1nn(-c2ccccc2)cc1C(=O)Nc1cc(Cl)c(N)c(Cl)c1. The molecule has 8 heteroatoms. The summed E-state index contributed by atoms with van der Waals surface area (Å²) in [6.07, 6.45) is 1.67. The largest absolute Gasteiger partial charge is 0.496 e. The average molecular weight is 453 g/mol. The summed E-state index contributed by atoms with van der Waals surface area (Å²) in [6.45, 7) is 0. The fraction of sp³-hybridized carbons (Fsp3) is 0.0435. The molecule has 0 fully saturated rings. The number of nitrogen functional groups attached to an aromatic ring is 1. The molecule has 0 unspecified atom stereocenters. The van der Waals surface area contributed by atoms with E-state index < -0.39 is 0 Å². The highest BCUT2D eigenvalue weighted by Crippen LogP contribution is 2.34. The number of hydrogen-bond acceptors (Lipinski definition) is 4. The van der Waals surface area contributed by atoms with Gasteiger partial charge in [-0.2, -0.15) is 5.10 Å². The van der Waals surface area contributed by atoms with Crippen LogP contribution in [0.15, 0.2) is 72.9 Å². The van der Waals surface area contributed by atoms with Crippen molar-refractivity contribution in [2.75, 3.05) is 18.2 Å². The van der Waals surface area contributed by atoms with Crippen LogP contribution in [0.1, 0.15) is 10.4 Å². The van der Waals surface area contributed by atoms with Crippen molar-refractivity contribution < 1.29 is 9.53 Å². The van der Waals surface area contributed by atoms with Gasteiger partial charge in [0, 0.05) is 17.4 Å². The highest BCUT2D eigenvalue weighted by molar-refractivity contribution is 6.39. The van der Waals surface area contributed by atoms with E-state index in [0.29, 0.717) is 28.3 Å². The number of nitrogens with two attached hydrogens (primary N) is 1. The quantitative estimate of drug-likeness (QED) is 0.381. The van der Waals surface area contributed by atoms with Crippen molar-refractivity contribution in [3.05, 3.63) is 88.5 Å². The van der Waals surface area contributed by atoms with Gasteiger partial charge in [0.15, 0.2) is 0 Å². The lowest BCUT2D eigenvalue weighted by Crippen LogP contribution is -2.12. The van der Waals surface area contributed by atoms with Crippen LogP contribution in [0, 0.1) is 0 Å². The minimum atomic E-state index is -0.375. The van der Waals surface area contributed by atoms with Gasteiger partial charge in [-0.3, -0.25) is 4.79 Å². The van der Waals surface area contributed by atoms with E-state index >= 15 is 0 Å². The van der Waals surface area contributed by atoms with Gasteiger partial charge in [0.2, 0.25) is 0 Å². The van der Waals surface area contributed by atoms with Gasteiger partial charge < -0.3 is 15.8 Å². The number of carbonyl (C=O) groups is 1. The number of aromatic nitrogens is 2. The maximum Gasteiger partial charge on any atom is 0.259 e. The van der Waals surface area contributed by atoms with E-state index in [-0.39, 0.29) is 21.6 Å². The van der Waals surface area contributed by atoms with Gasteiger partial charge >= 0.3 is 0 Å². The molecule has 0 bridgehead atoms. The first-order valence-electron chi connectivity index (χ1n) is 9.32. The number of carbonyl (C=O) groups excluding carboxylic acids is 1. The third-order valence-electron chi connectivity index (χ3n) is 4.68. The van der Waals surface area contributed by atoms with E-state index in [2.05, 4.69) is 10.4 Å². The Morgan fingerprint density at radius 2 is 1.68 bits per heavy atom. The van der Waals surface area contributed by atoms with Crippen molar-refractivity contribution in [1.82, 2.24) is 9.78 Å². The minimum Gasteiger partial charge on any atom is -0.496 e. The molecule has 31 heavy (non-hydrogen) atoms. The summed E-state index contributed by atoms with van der Waals surface area (Å²) in [5.74, 6) is 0.230. The van der Waals surface area contributed by atoms with E-state index in [1.165, 1.54) is 0 Å². The van der Waals surface area contributed by atoms with Crippen LogP contribution in [0.4, 0.5) is 11.4 Å². The highest BCUT2D eigenvalue weighted by atomic mass is 35.5. The number of benzene rings is 3. The molecule has 1 aromatic heterocycles. The molecule has 0 saturated carbocycles. The van der Waals surface area contributed by atoms with Crippen LogP contribution in [-0.2, 0) is 0 Å². The van der Waals surface area contributed by atoms with Gasteiger partial charge in [-0.25, -0.2) is 4.68 Å². The zero-order chi connectivity index (χ0) is 22.0. The van der Waals surface area contributed by atoms with Crippen molar-refractivity contribution in [3.63, 3.8) is 0 Å². The summed E-state index contributed by atoms with van der Waals surface area (Å²) in [6, 6.07) is 20.0. The van der Waals surface area contributed by atoms with E-state index in [1.54, 1.807) is 30.1 Å². The highest BCUT2D eigenvalue weighted by Gasteiger charge is 2.21. The maximum absolute atomic E-state index is 13.2. The van der Waals surface area contributed by atoms with Crippen LogP contribution < -0.4 is 15.8 Å². The molecule has 3 aromatic carbocycles. The lowest BCUT2D eigenvalue weighted by Gasteiger charge is -2.10. The first-order valence-corrected chi connectivity index (χ1v) is 10.1. The van der Waals surface area contributed by atoms with Gasteiger partial charge in [-0.05, 0) is 36.4 Å². The zero-order valence-electron chi connectivity index (χ0n) is 16.5. The van der Waals surface area contributed by atoms with Gasteiger partial charge in [-0.1, -0.05) is 53.5 Å². The summed E-state index contributed by atoms with van der Waals surface area (Å²) < 4.78 is 7.14. The number of ether oxygens (including phenoxy) is 1. The van der Waals surface area contributed by atoms with Crippen LogP contribution in [0.5, 0.6) is 5.75 Å². The molecule has 6 nitrogen and oxygen atoms in total. The van der Waals surface area contributed by atoms with E-state index in [4.69, 9.17) is 33.7 Å². The normalized spacial score (nSPS) is 10.7. The Kier molecular flexibility index (Phi) is 5.84. The van der Waals surface area contributed by atoms with E-state index in [9.17, 15) is 4.79 Å². The Hall–Kier alpha value is -3.48. The van der Waals surface area contributed by atoms with E-state index in [0.717, 1.165) is 5.69 Å². The third-order valence-corrected chi connectivity index (χ3v) is 5.30. The topological polar surface area (TPSA) is 82.2 Å². The van der Waals surface area contributed by atoms with Crippen molar-refractivity contribution >= 4 is 40.5 Å². The van der Waals surface area contributed by atoms with Crippen LogP contribution in [0.2, 0.25) is 10.0 Å². The molecule has 0 atom stereocenters. The molecular weight excluding hydrogens is 435 g/mol. The second kappa shape index (κ2) is 8.71. The maximum atomic E-state index is 13.2. The van der Waals surface area contributed by atoms with Gasteiger partial charge in [-0.15, -0.1) is 0 Å². The standard InChI is InChI=1S/C23H18Cl2N4O2/c1-31-20-10-6-5-9-16(20)22-17(13-29(28-22)15-7-3-2-4-8-15)23(30)27-14-11-18(24)21(26)19(25)12-14/h2-13H,26H2,1H3,(H,27,30). The molecule has 3 N–H and O–H groups in total. The summed E-state index contributed by atoms with van der Waals surface area (Å²) in [4.78, 5) is 13.2. The lowest BCUT2D eigenvalue weighted by molar-refractivity contribution is 0.102. The summed E-state index contributed by atoms with van der Waals surface area (Å²) in [7, 11) is 1.57. The summed E-state index contributed by atoms with van der Waals surface area (Å²) in [5, 5.41) is 8.01. The zero-order valence-corrected chi connectivity index (χ0v) is 18.0. The van der Waals surface area contributed by atoms with Crippen LogP contribution >= 0.6 is 23.2 Å². The molecule has 4 aromatic rings. The second-order valence-electron chi connectivity index (χ2n) is 6.68. The lowest BCUT2D eigenvalue weighted by atomic mass is 10.1. The number of nitrogens with zero attached hydrogens (tertiary/aromatic N) is 2. The average Bonchev–Trinajstić information content (AvgIpc) is 3.23. The van der Waals surface area contributed by atoms with Gasteiger partial charge in [0.25, 0.3) is 5.91 Å². The molecule has 0 saturated heterocycles. The number of hydrogen-bond donors (Lipinski definition) is 2. The van der Waals surface area contributed by atoms with Crippen LogP contribution in [-0.4, -0.2) is 22.8 Å². The molecule has 0 aliphatic rings. The van der Waals surface area contributed by atoms with Crippen LogP contribution in [0.25, 0.3) is 16.9 Å². The number of halogens is 2. The first-order chi connectivity index (χ1) is 15.0. The fourth-order valence-electron chi connectivity index (χ4n) is 3.15. The molecule has 1 amide bonds. The van der Waals surface area contributed by atoms with Gasteiger partial charge in [0.1, 0.15) is 11.4 Å². The first kappa shape index (κ1) is 20.8. The smallest absolute Gasteiger partial charge is 0.259 e. The molecule has 0 aliphatic heterocycles. The Morgan fingerprint density at radius 1 is 1.03 bits per heavy atom. The monoisotopic (exact) mass is 452 g/mol. The van der Waals surface area contributed by atoms with Crippen molar-refractivity contribution in [2.24, 2.45) is 0 Å². The van der Waals surface area contributed by atoms with E-state index in [1.807, 2.05) is 54.6 Å². The molecule has 1 heterocycles. The molecule has 4 rings (SSSR count). The number of methoxy groups -OCH3 is 1. The van der Waals surface area contributed by atoms with Gasteiger partial charge in [0.05, 0.1) is 34.1 Å². The number of para-hydroxylation sites is 2. The van der Waals surface area contributed by atoms with Crippen molar-refractivity contribution in [1.29, 1.82) is 0 Å². The second-order valence-corrected chi connectivity index (χ2v) is 7.49. The molecular formula is C23H18Cl2N4O2. The molecule has 0 aliphatic carbocycles. The summed E-state index contributed by atoms with van der Waals surface area (Å²) in [5.41, 5.74) is 8.82. The fourth-order valence-corrected chi connectivity index (χ4v) is 3.63. The molecule has 0 spiro atoms. The third kappa shape index (κ3) is 4.21. The number of nitrogens with one attached hydrogen (secondary N) is 1. The minimum absolute atomic E-state index is 0.257. The number of rotatable bonds is 5. The molecule has 156 valence electrons. The predicted octanol–water partition coefficient (Wildman–Crippen LogP) is 5.69. The van der Waals surface area contributed by atoms with Crippen molar-refractivity contribution in [3.8, 4) is 22.7 Å². The Bertz CT molecular complexity index is 1230. The number of anilines is 2. The Balaban J connectivity index is 1.80. The number of amides is 1. The van der Waals surface area contributed by atoms with Crippen molar-refractivity contribution in [2.45, 2.75) is 0 Å².